The largest absolute Gasteiger partial charge is 0.311 e. The first-order chi connectivity index (χ1) is 8.81. The Kier molecular flexibility index (Phi) is 6.77. The molecule has 1 rings (SSSR count). The van der Waals surface area contributed by atoms with E-state index >= 15 is 0 Å². The van der Waals surface area contributed by atoms with Gasteiger partial charge in [0.15, 0.2) is 0 Å². The molecular weight excluding hydrogens is 260 g/mol. The zero-order chi connectivity index (χ0) is 14.5. The van der Waals surface area contributed by atoms with E-state index < -0.39 is 9.84 Å². The van der Waals surface area contributed by atoms with Gasteiger partial charge in [-0.1, -0.05) is 27.2 Å². The second-order valence-corrected chi connectivity index (χ2v) is 8.56. The standard InChI is InChI=1S/C14H30N2O2S/c1-5-6-13-11-16(7-8-19(4,17)18)14(10-15-13)9-12(2)3/h12-15H,5-11H2,1-4H3. The Morgan fingerprint density at radius 1 is 1.37 bits per heavy atom. The van der Waals surface area contributed by atoms with Gasteiger partial charge in [0.1, 0.15) is 9.84 Å². The van der Waals surface area contributed by atoms with Crippen LogP contribution < -0.4 is 5.32 Å². The van der Waals surface area contributed by atoms with Gasteiger partial charge in [0.25, 0.3) is 0 Å². The molecule has 0 saturated carbocycles. The minimum Gasteiger partial charge on any atom is -0.311 e. The lowest BCUT2D eigenvalue weighted by Crippen LogP contribution is -2.57. The SMILES string of the molecule is CCCC1CN(CCS(C)(=O)=O)C(CC(C)C)CN1. The van der Waals surface area contributed by atoms with Gasteiger partial charge in [-0.2, -0.15) is 0 Å². The molecule has 2 atom stereocenters. The predicted molar refractivity (Wildman–Crippen MR) is 81.2 cm³/mol. The van der Waals surface area contributed by atoms with Crippen molar-refractivity contribution >= 4 is 9.84 Å². The van der Waals surface area contributed by atoms with Crippen LogP contribution in [0, 0.1) is 5.92 Å². The van der Waals surface area contributed by atoms with Crippen LogP contribution >= 0.6 is 0 Å². The summed E-state index contributed by atoms with van der Waals surface area (Å²) in [5.74, 6) is 0.927. The van der Waals surface area contributed by atoms with E-state index in [4.69, 9.17) is 0 Å². The van der Waals surface area contributed by atoms with Gasteiger partial charge in [-0.25, -0.2) is 8.42 Å². The normalized spacial score (nSPS) is 25.9. The first-order valence-corrected chi connectivity index (χ1v) is 9.53. The number of piperazine rings is 1. The molecule has 0 spiro atoms. The molecule has 0 aromatic rings. The van der Waals surface area contributed by atoms with Crippen molar-refractivity contribution < 1.29 is 8.42 Å². The van der Waals surface area contributed by atoms with Crippen molar-refractivity contribution in [2.45, 2.75) is 52.1 Å². The molecule has 0 aromatic carbocycles. The van der Waals surface area contributed by atoms with E-state index in [1.807, 2.05) is 0 Å². The quantitative estimate of drug-likeness (QED) is 0.772. The molecule has 1 aliphatic rings. The predicted octanol–water partition coefficient (Wildman–Crippen LogP) is 1.52. The van der Waals surface area contributed by atoms with Gasteiger partial charge in [0.05, 0.1) is 5.75 Å². The van der Waals surface area contributed by atoms with Gasteiger partial charge < -0.3 is 5.32 Å². The first-order valence-electron chi connectivity index (χ1n) is 7.47. The molecule has 1 heterocycles. The smallest absolute Gasteiger partial charge is 0.148 e. The zero-order valence-corrected chi connectivity index (χ0v) is 13.7. The second-order valence-electron chi connectivity index (χ2n) is 6.30. The maximum absolute atomic E-state index is 11.4. The lowest BCUT2D eigenvalue weighted by Gasteiger charge is -2.41. The molecule has 1 aliphatic heterocycles. The molecule has 0 radical (unpaired) electrons. The van der Waals surface area contributed by atoms with Crippen LogP contribution in [0.25, 0.3) is 0 Å². The minimum atomic E-state index is -2.87. The van der Waals surface area contributed by atoms with Crippen LogP contribution in [0.1, 0.15) is 40.0 Å². The summed E-state index contributed by atoms with van der Waals surface area (Å²) < 4.78 is 22.7. The number of sulfone groups is 1. The Morgan fingerprint density at radius 2 is 2.05 bits per heavy atom. The van der Waals surface area contributed by atoms with Crippen molar-refractivity contribution in [3.63, 3.8) is 0 Å². The van der Waals surface area contributed by atoms with Gasteiger partial charge in [0, 0.05) is 38.0 Å². The number of hydrogen-bond donors (Lipinski definition) is 1. The van der Waals surface area contributed by atoms with E-state index in [1.54, 1.807) is 0 Å². The fraction of sp³-hybridized carbons (Fsp3) is 1.00. The molecule has 19 heavy (non-hydrogen) atoms. The molecule has 0 amide bonds. The van der Waals surface area contributed by atoms with Crippen molar-refractivity contribution in [3.8, 4) is 0 Å². The highest BCUT2D eigenvalue weighted by Gasteiger charge is 2.28. The van der Waals surface area contributed by atoms with Gasteiger partial charge in [-0.05, 0) is 18.8 Å². The first kappa shape index (κ1) is 16.9. The van der Waals surface area contributed by atoms with Gasteiger partial charge >= 0.3 is 0 Å². The van der Waals surface area contributed by atoms with Gasteiger partial charge in [0.2, 0.25) is 0 Å². The third-order valence-electron chi connectivity index (χ3n) is 3.74. The van der Waals surface area contributed by atoms with Crippen LogP contribution in [-0.4, -0.2) is 57.0 Å². The molecule has 114 valence electrons. The number of nitrogens with one attached hydrogen (secondary N) is 1. The Labute approximate surface area is 118 Å². The summed E-state index contributed by atoms with van der Waals surface area (Å²) in [6.45, 7) is 9.31. The van der Waals surface area contributed by atoms with Gasteiger partial charge in [-0.3, -0.25) is 4.90 Å². The van der Waals surface area contributed by atoms with Crippen LogP contribution in [0.2, 0.25) is 0 Å². The van der Waals surface area contributed by atoms with E-state index in [2.05, 4.69) is 31.0 Å². The van der Waals surface area contributed by atoms with Gasteiger partial charge in [-0.15, -0.1) is 0 Å². The topological polar surface area (TPSA) is 49.4 Å². The highest BCUT2D eigenvalue weighted by atomic mass is 32.2. The highest BCUT2D eigenvalue weighted by Crippen LogP contribution is 2.17. The second kappa shape index (κ2) is 7.60. The van der Waals surface area contributed by atoms with E-state index in [9.17, 15) is 8.42 Å². The maximum Gasteiger partial charge on any atom is 0.148 e. The van der Waals surface area contributed by atoms with Crippen LogP contribution in [0.4, 0.5) is 0 Å². The monoisotopic (exact) mass is 290 g/mol. The summed E-state index contributed by atoms with van der Waals surface area (Å²) in [5, 5.41) is 3.61. The Hall–Kier alpha value is -0.130. The molecule has 2 unspecified atom stereocenters. The van der Waals surface area contributed by atoms with E-state index in [1.165, 1.54) is 19.1 Å². The third-order valence-corrected chi connectivity index (χ3v) is 4.67. The van der Waals surface area contributed by atoms with Crippen molar-refractivity contribution in [2.24, 2.45) is 5.92 Å². The number of hydrogen-bond acceptors (Lipinski definition) is 4. The van der Waals surface area contributed by atoms with Crippen LogP contribution in [0.3, 0.4) is 0 Å². The van der Waals surface area contributed by atoms with Crippen molar-refractivity contribution in [1.82, 2.24) is 10.2 Å². The van der Waals surface area contributed by atoms with Crippen molar-refractivity contribution in [2.75, 3.05) is 31.6 Å². The zero-order valence-electron chi connectivity index (χ0n) is 12.9. The Morgan fingerprint density at radius 3 is 2.58 bits per heavy atom. The maximum atomic E-state index is 11.4. The van der Waals surface area contributed by atoms with E-state index in [0.29, 0.717) is 24.5 Å². The molecular formula is C14H30N2O2S. The Balaban J connectivity index is 2.59. The number of rotatable bonds is 7. The summed E-state index contributed by atoms with van der Waals surface area (Å²) in [5.41, 5.74) is 0. The molecule has 1 fully saturated rings. The van der Waals surface area contributed by atoms with Crippen LogP contribution in [0.15, 0.2) is 0 Å². The summed E-state index contributed by atoms with van der Waals surface area (Å²) >= 11 is 0. The highest BCUT2D eigenvalue weighted by molar-refractivity contribution is 7.90. The molecule has 1 saturated heterocycles. The lowest BCUT2D eigenvalue weighted by atomic mass is 9.98. The average molecular weight is 290 g/mol. The van der Waals surface area contributed by atoms with Crippen molar-refractivity contribution in [3.05, 3.63) is 0 Å². The lowest BCUT2D eigenvalue weighted by molar-refractivity contribution is 0.118. The summed E-state index contributed by atoms with van der Waals surface area (Å²) in [6, 6.07) is 1.00. The summed E-state index contributed by atoms with van der Waals surface area (Å²) in [7, 11) is -2.87. The van der Waals surface area contributed by atoms with Crippen LogP contribution in [-0.2, 0) is 9.84 Å². The van der Waals surface area contributed by atoms with E-state index in [-0.39, 0.29) is 5.75 Å². The molecule has 0 bridgehead atoms. The summed E-state index contributed by atoms with van der Waals surface area (Å²) in [6.07, 6.45) is 4.81. The molecule has 4 nitrogen and oxygen atoms in total. The fourth-order valence-electron chi connectivity index (χ4n) is 2.80. The minimum absolute atomic E-state index is 0.278. The summed E-state index contributed by atoms with van der Waals surface area (Å²) in [4.78, 5) is 2.39. The van der Waals surface area contributed by atoms with Crippen molar-refractivity contribution in [1.29, 1.82) is 0 Å². The molecule has 1 N–H and O–H groups in total. The Bertz CT molecular complexity index is 354. The molecule has 5 heteroatoms. The number of nitrogens with zero attached hydrogens (tertiary/aromatic N) is 1. The fourth-order valence-corrected chi connectivity index (χ4v) is 3.37. The third kappa shape index (κ3) is 6.72. The van der Waals surface area contributed by atoms with E-state index in [0.717, 1.165) is 19.5 Å². The molecule has 0 aliphatic carbocycles. The average Bonchev–Trinajstić information content (AvgIpc) is 2.28. The van der Waals surface area contributed by atoms with Crippen LogP contribution in [0.5, 0.6) is 0 Å². The molecule has 0 aromatic heterocycles.